The molecule has 0 spiro atoms. The minimum Gasteiger partial charge on any atom is -0.489 e. The number of carbonyl (C=O) groups excluding carboxylic acids is 2. The Morgan fingerprint density at radius 3 is 2.55 bits per heavy atom. The van der Waals surface area contributed by atoms with Gasteiger partial charge in [-0.2, -0.15) is 0 Å². The summed E-state index contributed by atoms with van der Waals surface area (Å²) in [5.41, 5.74) is 8.23. The summed E-state index contributed by atoms with van der Waals surface area (Å²) in [4.78, 5) is 24.8. The molecule has 0 unspecified atom stereocenters. The summed E-state index contributed by atoms with van der Waals surface area (Å²) in [6, 6.07) is 15.8. The van der Waals surface area contributed by atoms with Gasteiger partial charge in [0.15, 0.2) is 0 Å². The van der Waals surface area contributed by atoms with Gasteiger partial charge in [-0.1, -0.05) is 42.3 Å². The lowest BCUT2D eigenvalue weighted by Crippen LogP contribution is -2.43. The molecule has 0 aliphatic heterocycles. The Kier molecular flexibility index (Phi) is 10.9. The van der Waals surface area contributed by atoms with Gasteiger partial charge in [-0.3, -0.25) is 14.5 Å². The van der Waals surface area contributed by atoms with E-state index in [4.69, 9.17) is 21.6 Å². The summed E-state index contributed by atoms with van der Waals surface area (Å²) >= 11 is 0. The number of hydrogen-bond donors (Lipinski definition) is 2. The Morgan fingerprint density at radius 1 is 1.15 bits per heavy atom. The van der Waals surface area contributed by atoms with Gasteiger partial charge in [0.25, 0.3) is 0 Å². The molecule has 3 N–H and O–H groups in total. The van der Waals surface area contributed by atoms with E-state index >= 15 is 0 Å². The predicted octanol–water partition coefficient (Wildman–Crippen LogP) is 1.92. The quantitative estimate of drug-likeness (QED) is 0.337. The van der Waals surface area contributed by atoms with Crippen molar-refractivity contribution in [1.29, 1.82) is 0 Å². The van der Waals surface area contributed by atoms with Gasteiger partial charge in [-0.05, 0) is 49.2 Å². The molecule has 0 saturated heterocycles. The van der Waals surface area contributed by atoms with Crippen LogP contribution in [0.1, 0.15) is 23.6 Å². The monoisotopic (exact) mass is 451 g/mol. The number of ether oxygens (including phenoxy) is 2. The third kappa shape index (κ3) is 9.77. The number of terminal acetylenes is 1. The normalized spacial score (nSPS) is 11.6. The van der Waals surface area contributed by atoms with E-state index in [9.17, 15) is 9.59 Å². The van der Waals surface area contributed by atoms with Gasteiger partial charge in [-0.25, -0.2) is 0 Å². The molecule has 0 saturated carbocycles. The van der Waals surface area contributed by atoms with Crippen LogP contribution in [0.4, 0.5) is 0 Å². The molecule has 1 atom stereocenters. The predicted molar refractivity (Wildman–Crippen MR) is 129 cm³/mol. The highest BCUT2D eigenvalue weighted by Gasteiger charge is 2.15. The molecule has 2 aromatic carbocycles. The molecule has 1 amide bonds. The minimum absolute atomic E-state index is 0.120. The molecule has 0 radical (unpaired) electrons. The van der Waals surface area contributed by atoms with Crippen molar-refractivity contribution in [3.05, 3.63) is 65.2 Å². The second-order valence-electron chi connectivity index (χ2n) is 7.81. The first kappa shape index (κ1) is 25.9. The third-order valence-electron chi connectivity index (χ3n) is 5.09. The number of carbonyl (C=O) groups is 2. The second-order valence-corrected chi connectivity index (χ2v) is 7.81. The van der Waals surface area contributed by atoms with Crippen LogP contribution in [0.25, 0.3) is 0 Å². The van der Waals surface area contributed by atoms with Gasteiger partial charge < -0.3 is 20.5 Å². The summed E-state index contributed by atoms with van der Waals surface area (Å²) in [6.07, 6.45) is 6.47. The van der Waals surface area contributed by atoms with E-state index in [-0.39, 0.29) is 30.9 Å². The van der Waals surface area contributed by atoms with E-state index < -0.39 is 0 Å². The highest BCUT2D eigenvalue weighted by molar-refractivity contribution is 5.75. The number of rotatable bonds is 14. The van der Waals surface area contributed by atoms with Crippen LogP contribution in [0.15, 0.2) is 48.5 Å². The molecule has 0 aliphatic carbocycles. The van der Waals surface area contributed by atoms with E-state index in [1.807, 2.05) is 55.6 Å². The fraction of sp³-hybridized carbons (Fsp3) is 0.385. The SMILES string of the molecule is C#CCN(C)[C@H](CNCC(N)=O)Cc1ccc(OCc2cccc(CC(=O)OCC)c2)cc1. The lowest BCUT2D eigenvalue weighted by atomic mass is 10.0. The molecule has 0 heterocycles. The summed E-state index contributed by atoms with van der Waals surface area (Å²) in [5.74, 6) is 2.79. The van der Waals surface area contributed by atoms with E-state index in [2.05, 4.69) is 16.1 Å². The Bertz CT molecular complexity index is 937. The van der Waals surface area contributed by atoms with Crippen molar-refractivity contribution in [2.75, 3.05) is 33.3 Å². The van der Waals surface area contributed by atoms with Gasteiger partial charge in [0.2, 0.25) is 5.91 Å². The maximum atomic E-state index is 11.7. The maximum absolute atomic E-state index is 11.7. The van der Waals surface area contributed by atoms with E-state index in [1.165, 1.54) is 0 Å². The molecule has 0 aliphatic rings. The standard InChI is InChI=1S/C26H33N3O4/c1-4-13-29(3)23(17-28-18-25(27)30)15-20-9-11-24(12-10-20)33-19-22-8-6-7-21(14-22)16-26(31)32-5-2/h1,6-12,14,23,28H,5,13,15-19H2,2-3H3,(H2,27,30)/t23-/m0/s1. The Morgan fingerprint density at radius 2 is 1.88 bits per heavy atom. The maximum Gasteiger partial charge on any atom is 0.310 e. The van der Waals surface area contributed by atoms with Gasteiger partial charge in [0.05, 0.1) is 26.1 Å². The first-order chi connectivity index (χ1) is 15.9. The molecule has 2 rings (SSSR count). The minimum atomic E-state index is -0.388. The van der Waals surface area contributed by atoms with E-state index in [0.29, 0.717) is 26.3 Å². The number of nitrogens with two attached hydrogens (primary N) is 1. The third-order valence-corrected chi connectivity index (χ3v) is 5.09. The lowest BCUT2D eigenvalue weighted by Gasteiger charge is -2.27. The molecule has 7 nitrogen and oxygen atoms in total. The number of nitrogens with zero attached hydrogens (tertiary/aromatic N) is 1. The molecule has 7 heteroatoms. The number of nitrogens with one attached hydrogen (secondary N) is 1. The van der Waals surface area contributed by atoms with Crippen molar-refractivity contribution in [2.45, 2.75) is 32.4 Å². The largest absolute Gasteiger partial charge is 0.489 e. The molecular weight excluding hydrogens is 418 g/mol. The average molecular weight is 452 g/mol. The van der Waals surface area contributed by atoms with Crippen LogP contribution >= 0.6 is 0 Å². The lowest BCUT2D eigenvalue weighted by molar-refractivity contribution is -0.142. The Labute approximate surface area is 196 Å². The molecule has 0 fully saturated rings. The Balaban J connectivity index is 1.92. The number of primary amides is 1. The fourth-order valence-electron chi connectivity index (χ4n) is 3.39. The molecular formula is C26H33N3O4. The number of benzene rings is 2. The van der Waals surface area contributed by atoms with Crippen molar-refractivity contribution in [3.63, 3.8) is 0 Å². The van der Waals surface area contributed by atoms with Crippen LogP contribution in [0.5, 0.6) is 5.75 Å². The number of likely N-dealkylation sites (N-methyl/N-ethyl adjacent to an activating group) is 1. The summed E-state index contributed by atoms with van der Waals surface area (Å²) in [6.45, 7) is 3.82. The van der Waals surface area contributed by atoms with Crippen molar-refractivity contribution in [1.82, 2.24) is 10.2 Å². The summed E-state index contributed by atoms with van der Waals surface area (Å²) in [5, 5.41) is 3.08. The van der Waals surface area contributed by atoms with Gasteiger partial charge >= 0.3 is 5.97 Å². The fourth-order valence-corrected chi connectivity index (χ4v) is 3.39. The van der Waals surface area contributed by atoms with Gasteiger partial charge in [0.1, 0.15) is 12.4 Å². The van der Waals surface area contributed by atoms with Crippen LogP contribution in [0, 0.1) is 12.3 Å². The van der Waals surface area contributed by atoms with Gasteiger partial charge in [0, 0.05) is 12.6 Å². The highest BCUT2D eigenvalue weighted by atomic mass is 16.5. The zero-order valence-electron chi connectivity index (χ0n) is 19.4. The summed E-state index contributed by atoms with van der Waals surface area (Å²) < 4.78 is 10.9. The van der Waals surface area contributed by atoms with Crippen LogP contribution in [-0.2, 0) is 33.8 Å². The first-order valence-corrected chi connectivity index (χ1v) is 11.0. The van der Waals surface area contributed by atoms with E-state index in [1.54, 1.807) is 6.92 Å². The molecule has 2 aromatic rings. The topological polar surface area (TPSA) is 93.9 Å². The smallest absolute Gasteiger partial charge is 0.310 e. The van der Waals surface area contributed by atoms with Gasteiger partial charge in [-0.15, -0.1) is 6.42 Å². The second kappa shape index (κ2) is 13.9. The first-order valence-electron chi connectivity index (χ1n) is 11.0. The zero-order chi connectivity index (χ0) is 24.1. The molecule has 176 valence electrons. The number of hydrogen-bond acceptors (Lipinski definition) is 6. The van der Waals surface area contributed by atoms with Crippen LogP contribution in [0.2, 0.25) is 0 Å². The van der Waals surface area contributed by atoms with Crippen LogP contribution < -0.4 is 15.8 Å². The highest BCUT2D eigenvalue weighted by Crippen LogP contribution is 2.17. The average Bonchev–Trinajstić information content (AvgIpc) is 2.78. The van der Waals surface area contributed by atoms with Crippen LogP contribution in [-0.4, -0.2) is 56.1 Å². The van der Waals surface area contributed by atoms with Crippen molar-refractivity contribution >= 4 is 11.9 Å². The molecule has 0 aromatic heterocycles. The van der Waals surface area contributed by atoms with Crippen LogP contribution in [0.3, 0.4) is 0 Å². The van der Waals surface area contributed by atoms with E-state index in [0.717, 1.165) is 28.9 Å². The Hall–Kier alpha value is -3.34. The number of esters is 1. The zero-order valence-corrected chi connectivity index (χ0v) is 19.4. The number of amides is 1. The van der Waals surface area contributed by atoms with Crippen molar-refractivity contribution < 1.29 is 19.1 Å². The molecule has 0 bridgehead atoms. The van der Waals surface area contributed by atoms with Crippen molar-refractivity contribution in [2.24, 2.45) is 5.73 Å². The summed E-state index contributed by atoms with van der Waals surface area (Å²) in [7, 11) is 1.96. The molecule has 33 heavy (non-hydrogen) atoms. The van der Waals surface area contributed by atoms with Crippen molar-refractivity contribution in [3.8, 4) is 18.1 Å².